The molecule has 1 aromatic carbocycles. The van der Waals surface area contributed by atoms with Gasteiger partial charge in [0.05, 0.1) is 30.3 Å². The van der Waals surface area contributed by atoms with Crippen LogP contribution in [0.25, 0.3) is 5.82 Å². The Morgan fingerprint density at radius 3 is 2.64 bits per heavy atom. The van der Waals surface area contributed by atoms with Crippen LogP contribution in [0.15, 0.2) is 36.5 Å². The minimum absolute atomic E-state index is 0.0260. The summed E-state index contributed by atoms with van der Waals surface area (Å²) in [5, 5.41) is 7.52. The van der Waals surface area contributed by atoms with Crippen molar-refractivity contribution in [3.8, 4) is 11.6 Å². The molecule has 0 amide bonds. The summed E-state index contributed by atoms with van der Waals surface area (Å²) in [7, 11) is 1.62. The molecule has 0 fully saturated rings. The van der Waals surface area contributed by atoms with Crippen molar-refractivity contribution in [2.24, 2.45) is 0 Å². The molecule has 0 aliphatic rings. The van der Waals surface area contributed by atoms with Crippen molar-refractivity contribution >= 4 is 17.3 Å². The number of para-hydroxylation sites is 2. The summed E-state index contributed by atoms with van der Waals surface area (Å²) in [5.41, 5.74) is 2.13. The van der Waals surface area contributed by atoms with Crippen LogP contribution in [0.3, 0.4) is 0 Å². The fraction of sp³-hybridized carbons (Fsp3) is 0.222. The van der Waals surface area contributed by atoms with Crippen LogP contribution in [0, 0.1) is 13.8 Å². The molecule has 7 heteroatoms. The fourth-order valence-corrected chi connectivity index (χ4v) is 2.60. The molecule has 3 rings (SSSR count). The van der Waals surface area contributed by atoms with Crippen molar-refractivity contribution in [2.45, 2.75) is 20.8 Å². The van der Waals surface area contributed by atoms with Crippen molar-refractivity contribution in [3.05, 3.63) is 53.6 Å². The lowest BCUT2D eigenvalue weighted by Crippen LogP contribution is -2.07. The maximum Gasteiger partial charge on any atom is 0.163 e. The van der Waals surface area contributed by atoms with Crippen LogP contribution in [0.1, 0.15) is 28.8 Å². The average Bonchev–Trinajstić information content (AvgIpc) is 2.96. The molecule has 0 saturated carbocycles. The molecule has 2 aromatic heterocycles. The maximum absolute atomic E-state index is 11.6. The number of nitrogens with zero attached hydrogens (tertiary/aromatic N) is 4. The molecule has 1 N–H and O–H groups in total. The number of anilines is 2. The smallest absolute Gasteiger partial charge is 0.163 e. The average molecular weight is 337 g/mol. The van der Waals surface area contributed by atoms with Gasteiger partial charge < -0.3 is 10.1 Å². The lowest BCUT2D eigenvalue weighted by molar-refractivity contribution is 0.101. The third-order valence-electron chi connectivity index (χ3n) is 3.80. The van der Waals surface area contributed by atoms with Gasteiger partial charge in [-0.15, -0.1) is 0 Å². The van der Waals surface area contributed by atoms with Crippen LogP contribution in [0.2, 0.25) is 0 Å². The Bertz CT molecular complexity index is 933. The summed E-state index contributed by atoms with van der Waals surface area (Å²) in [6.07, 6.45) is 1.56. The van der Waals surface area contributed by atoms with Gasteiger partial charge in [0.1, 0.15) is 17.4 Å². The van der Waals surface area contributed by atoms with Gasteiger partial charge in [-0.2, -0.15) is 5.10 Å². The van der Waals surface area contributed by atoms with Gasteiger partial charge in [-0.25, -0.2) is 14.6 Å². The molecule has 0 atom stereocenters. The highest BCUT2D eigenvalue weighted by molar-refractivity contribution is 5.95. The van der Waals surface area contributed by atoms with Gasteiger partial charge in [0, 0.05) is 6.07 Å². The molecule has 0 saturated heterocycles. The number of aryl methyl sites for hydroxylation is 1. The summed E-state index contributed by atoms with van der Waals surface area (Å²) in [6.45, 7) is 5.17. The molecule has 128 valence electrons. The third-order valence-corrected chi connectivity index (χ3v) is 3.80. The van der Waals surface area contributed by atoms with E-state index >= 15 is 0 Å². The predicted molar refractivity (Wildman–Crippen MR) is 94.9 cm³/mol. The number of methoxy groups -OCH3 is 1. The third kappa shape index (κ3) is 3.35. The zero-order valence-corrected chi connectivity index (χ0v) is 14.6. The van der Waals surface area contributed by atoms with Crippen LogP contribution >= 0.6 is 0 Å². The van der Waals surface area contributed by atoms with Crippen molar-refractivity contribution in [2.75, 3.05) is 12.4 Å². The SMILES string of the molecule is COc1ccccc1Nc1cc(-n2ncc(C(C)=O)c2C)nc(C)n1. The van der Waals surface area contributed by atoms with Crippen LogP contribution in [-0.4, -0.2) is 32.6 Å². The summed E-state index contributed by atoms with van der Waals surface area (Å²) in [6, 6.07) is 9.37. The number of benzene rings is 1. The molecule has 3 aromatic rings. The van der Waals surface area contributed by atoms with E-state index in [0.717, 1.165) is 17.1 Å². The largest absolute Gasteiger partial charge is 0.495 e. The Hall–Kier alpha value is -3.22. The first-order valence-corrected chi connectivity index (χ1v) is 7.81. The molecule has 0 unspecified atom stereocenters. The second-order valence-electron chi connectivity index (χ2n) is 5.60. The first-order valence-electron chi connectivity index (χ1n) is 7.81. The van der Waals surface area contributed by atoms with E-state index in [9.17, 15) is 4.79 Å². The van der Waals surface area contributed by atoms with Crippen molar-refractivity contribution in [3.63, 3.8) is 0 Å². The lowest BCUT2D eigenvalue weighted by Gasteiger charge is -2.12. The predicted octanol–water partition coefficient (Wildman–Crippen LogP) is 3.23. The van der Waals surface area contributed by atoms with Crippen LogP contribution in [-0.2, 0) is 0 Å². The van der Waals surface area contributed by atoms with Gasteiger partial charge in [-0.3, -0.25) is 4.79 Å². The number of ketones is 1. The fourth-order valence-electron chi connectivity index (χ4n) is 2.60. The van der Waals surface area contributed by atoms with Gasteiger partial charge in [-0.1, -0.05) is 12.1 Å². The molecule has 0 radical (unpaired) electrons. The van der Waals surface area contributed by atoms with E-state index in [1.54, 1.807) is 24.1 Å². The van der Waals surface area contributed by atoms with Gasteiger partial charge >= 0.3 is 0 Å². The van der Waals surface area contributed by atoms with Gasteiger partial charge in [0.15, 0.2) is 11.6 Å². The van der Waals surface area contributed by atoms with E-state index in [0.29, 0.717) is 23.0 Å². The van der Waals surface area contributed by atoms with Crippen LogP contribution in [0.4, 0.5) is 11.5 Å². The highest BCUT2D eigenvalue weighted by atomic mass is 16.5. The number of carbonyl (C=O) groups excluding carboxylic acids is 1. The van der Waals surface area contributed by atoms with E-state index in [1.165, 1.54) is 6.92 Å². The van der Waals surface area contributed by atoms with Crippen molar-refractivity contribution < 1.29 is 9.53 Å². The van der Waals surface area contributed by atoms with E-state index in [4.69, 9.17) is 4.74 Å². The number of hydrogen-bond acceptors (Lipinski definition) is 6. The van der Waals surface area contributed by atoms with Gasteiger partial charge in [0.2, 0.25) is 0 Å². The molecule has 0 spiro atoms. The number of ether oxygens (including phenoxy) is 1. The number of Topliss-reactive ketones (excluding diaryl/α,β-unsaturated/α-hetero) is 1. The number of hydrogen-bond donors (Lipinski definition) is 1. The molecular formula is C18H19N5O2. The zero-order chi connectivity index (χ0) is 18.0. The summed E-state index contributed by atoms with van der Waals surface area (Å²) < 4.78 is 6.99. The number of nitrogens with one attached hydrogen (secondary N) is 1. The molecule has 2 heterocycles. The molecule has 0 aliphatic heterocycles. The first-order chi connectivity index (χ1) is 12.0. The van der Waals surface area contributed by atoms with Crippen molar-refractivity contribution in [1.29, 1.82) is 0 Å². The van der Waals surface area contributed by atoms with Crippen LogP contribution in [0.5, 0.6) is 5.75 Å². The van der Waals surface area contributed by atoms with E-state index in [1.807, 2.05) is 38.1 Å². The number of aromatic nitrogens is 4. The topological polar surface area (TPSA) is 81.9 Å². The number of rotatable bonds is 5. The minimum atomic E-state index is -0.0260. The summed E-state index contributed by atoms with van der Waals surface area (Å²) >= 11 is 0. The Morgan fingerprint density at radius 2 is 1.96 bits per heavy atom. The second-order valence-corrected chi connectivity index (χ2v) is 5.60. The summed E-state index contributed by atoms with van der Waals surface area (Å²) in [5.74, 6) is 2.49. The minimum Gasteiger partial charge on any atom is -0.495 e. The number of carbonyl (C=O) groups is 1. The lowest BCUT2D eigenvalue weighted by atomic mass is 10.2. The van der Waals surface area contributed by atoms with Crippen LogP contribution < -0.4 is 10.1 Å². The molecule has 7 nitrogen and oxygen atoms in total. The standard InChI is InChI=1S/C18H19N5O2/c1-11-14(12(2)24)10-19-23(11)18-9-17(20-13(3)21-18)22-15-7-5-6-8-16(15)25-4/h5-10H,1-4H3,(H,20,21,22). The monoisotopic (exact) mass is 337 g/mol. The Balaban J connectivity index is 2.00. The van der Waals surface area contributed by atoms with Crippen molar-refractivity contribution in [1.82, 2.24) is 19.7 Å². The Morgan fingerprint density at radius 1 is 1.20 bits per heavy atom. The van der Waals surface area contributed by atoms with E-state index in [-0.39, 0.29) is 5.78 Å². The molecule has 25 heavy (non-hydrogen) atoms. The van der Waals surface area contributed by atoms with E-state index < -0.39 is 0 Å². The second kappa shape index (κ2) is 6.72. The summed E-state index contributed by atoms with van der Waals surface area (Å²) in [4.78, 5) is 20.5. The van der Waals surface area contributed by atoms with Gasteiger partial charge in [0.25, 0.3) is 0 Å². The molecule has 0 bridgehead atoms. The maximum atomic E-state index is 11.6. The zero-order valence-electron chi connectivity index (χ0n) is 14.6. The highest BCUT2D eigenvalue weighted by Crippen LogP contribution is 2.27. The first kappa shape index (κ1) is 16.6. The normalized spacial score (nSPS) is 10.6. The highest BCUT2D eigenvalue weighted by Gasteiger charge is 2.14. The van der Waals surface area contributed by atoms with Gasteiger partial charge in [-0.05, 0) is 32.9 Å². The molecular weight excluding hydrogens is 318 g/mol. The van der Waals surface area contributed by atoms with E-state index in [2.05, 4.69) is 20.4 Å². The quantitative estimate of drug-likeness (QED) is 0.720. The Labute approximate surface area is 145 Å². The molecule has 0 aliphatic carbocycles. The Kier molecular flexibility index (Phi) is 4.47.